The zero-order valence-electron chi connectivity index (χ0n) is 20.3. The Morgan fingerprint density at radius 3 is 2.22 bits per heavy atom. The van der Waals surface area contributed by atoms with Crippen LogP contribution in [0.4, 0.5) is 4.79 Å². The molecular formula is C23H38N6O3. The number of nitrogens with one attached hydrogen (secondary N) is 2. The molecule has 2 rings (SSSR count). The summed E-state index contributed by atoms with van der Waals surface area (Å²) in [4.78, 5) is 34.1. The second-order valence-corrected chi connectivity index (χ2v) is 9.06. The third-order valence-corrected chi connectivity index (χ3v) is 5.04. The first kappa shape index (κ1) is 25.5. The molecule has 1 aliphatic heterocycles. The molecule has 1 aromatic carbocycles. The van der Waals surface area contributed by atoms with Crippen LogP contribution in [0.25, 0.3) is 0 Å². The Hall–Kier alpha value is -2.81. The maximum absolute atomic E-state index is 12.2. The van der Waals surface area contributed by atoms with Gasteiger partial charge in [0.1, 0.15) is 5.60 Å². The second kappa shape index (κ2) is 11.7. The topological polar surface area (TPSA) is 89.5 Å². The van der Waals surface area contributed by atoms with Crippen LogP contribution in [-0.2, 0) is 11.3 Å². The van der Waals surface area contributed by atoms with Crippen molar-refractivity contribution in [1.82, 2.24) is 25.3 Å². The summed E-state index contributed by atoms with van der Waals surface area (Å²) in [7, 11) is 5.23. The molecule has 1 aromatic rings. The van der Waals surface area contributed by atoms with Gasteiger partial charge in [0.2, 0.25) is 0 Å². The van der Waals surface area contributed by atoms with E-state index in [2.05, 4.69) is 20.5 Å². The lowest BCUT2D eigenvalue weighted by Gasteiger charge is -2.35. The number of carbonyl (C=O) groups excluding carboxylic acids is 2. The van der Waals surface area contributed by atoms with E-state index in [1.54, 1.807) is 30.9 Å². The van der Waals surface area contributed by atoms with Crippen molar-refractivity contribution in [3.63, 3.8) is 0 Å². The molecule has 2 amide bonds. The molecule has 0 unspecified atom stereocenters. The highest BCUT2D eigenvalue weighted by molar-refractivity contribution is 5.93. The van der Waals surface area contributed by atoms with Crippen LogP contribution in [-0.4, -0.2) is 98.7 Å². The van der Waals surface area contributed by atoms with Crippen molar-refractivity contribution in [2.24, 2.45) is 4.99 Å². The SMILES string of the molecule is CN=C(NCCN1CCN(C(=O)OC(C)(C)C)CC1)NCc1ccc(C(=O)N(C)C)cc1. The van der Waals surface area contributed by atoms with Crippen LogP contribution in [0.3, 0.4) is 0 Å². The van der Waals surface area contributed by atoms with Crippen molar-refractivity contribution < 1.29 is 14.3 Å². The first-order chi connectivity index (χ1) is 15.1. The standard InChI is InChI=1S/C23H38N6O3/c1-23(2,3)32-22(31)29-15-13-28(14-16-29)12-11-25-21(24-4)26-17-18-7-9-19(10-8-18)20(30)27(5)6/h7-10H,11-17H2,1-6H3,(H2,24,25,26). The molecule has 1 heterocycles. The minimum absolute atomic E-state index is 0.00564. The number of nitrogens with zero attached hydrogens (tertiary/aromatic N) is 4. The summed E-state index contributed by atoms with van der Waals surface area (Å²) in [5.41, 5.74) is 1.28. The van der Waals surface area contributed by atoms with Crippen LogP contribution in [0.5, 0.6) is 0 Å². The van der Waals surface area contributed by atoms with Crippen molar-refractivity contribution in [2.75, 3.05) is 60.4 Å². The number of hydrogen-bond donors (Lipinski definition) is 2. The highest BCUT2D eigenvalue weighted by atomic mass is 16.6. The number of ether oxygens (including phenoxy) is 1. The number of benzene rings is 1. The van der Waals surface area contributed by atoms with Crippen molar-refractivity contribution >= 4 is 18.0 Å². The number of guanidine groups is 1. The first-order valence-corrected chi connectivity index (χ1v) is 11.0. The summed E-state index contributed by atoms with van der Waals surface area (Å²) >= 11 is 0. The van der Waals surface area contributed by atoms with Crippen molar-refractivity contribution in [1.29, 1.82) is 0 Å². The summed E-state index contributed by atoms with van der Waals surface area (Å²) in [6, 6.07) is 7.57. The molecule has 0 aromatic heterocycles. The Morgan fingerprint density at radius 2 is 1.69 bits per heavy atom. The lowest BCUT2D eigenvalue weighted by atomic mass is 10.1. The van der Waals surface area contributed by atoms with Gasteiger partial charge in [0.15, 0.2) is 5.96 Å². The average molecular weight is 447 g/mol. The Bertz CT molecular complexity index is 778. The Kier molecular flexibility index (Phi) is 9.31. The van der Waals surface area contributed by atoms with Gasteiger partial charge >= 0.3 is 6.09 Å². The van der Waals surface area contributed by atoms with Gasteiger partial charge in [-0.2, -0.15) is 0 Å². The van der Waals surface area contributed by atoms with Crippen molar-refractivity contribution in [2.45, 2.75) is 32.9 Å². The van der Waals surface area contributed by atoms with E-state index in [0.29, 0.717) is 25.2 Å². The van der Waals surface area contributed by atoms with Gasteiger partial charge in [-0.15, -0.1) is 0 Å². The van der Waals surface area contributed by atoms with Crippen LogP contribution in [0.1, 0.15) is 36.7 Å². The summed E-state index contributed by atoms with van der Waals surface area (Å²) in [5.74, 6) is 0.722. The van der Waals surface area contributed by atoms with E-state index < -0.39 is 5.60 Å². The molecule has 1 fully saturated rings. The quantitative estimate of drug-likeness (QED) is 0.510. The summed E-state index contributed by atoms with van der Waals surface area (Å²) < 4.78 is 5.44. The lowest BCUT2D eigenvalue weighted by molar-refractivity contribution is 0.0147. The first-order valence-electron chi connectivity index (χ1n) is 11.0. The number of hydrogen-bond acceptors (Lipinski definition) is 5. The molecular weight excluding hydrogens is 408 g/mol. The molecule has 0 spiro atoms. The highest BCUT2D eigenvalue weighted by Gasteiger charge is 2.25. The van der Waals surface area contributed by atoms with Gasteiger partial charge in [-0.3, -0.25) is 14.7 Å². The van der Waals surface area contributed by atoms with E-state index in [0.717, 1.165) is 37.7 Å². The number of carbonyl (C=O) groups is 2. The molecule has 1 aliphatic rings. The van der Waals surface area contributed by atoms with Gasteiger partial charge < -0.3 is 25.2 Å². The predicted molar refractivity (Wildman–Crippen MR) is 127 cm³/mol. The fraction of sp³-hybridized carbons (Fsp3) is 0.609. The number of rotatable bonds is 6. The molecule has 0 aliphatic carbocycles. The van der Waals surface area contributed by atoms with Crippen LogP contribution >= 0.6 is 0 Å². The lowest BCUT2D eigenvalue weighted by Crippen LogP contribution is -2.51. The molecule has 9 heteroatoms. The normalized spacial score (nSPS) is 15.3. The zero-order chi connectivity index (χ0) is 23.7. The van der Waals surface area contributed by atoms with Gasteiger partial charge in [-0.25, -0.2) is 4.79 Å². The third-order valence-electron chi connectivity index (χ3n) is 5.04. The largest absolute Gasteiger partial charge is 0.444 e. The minimum Gasteiger partial charge on any atom is -0.444 e. The van der Waals surface area contributed by atoms with Crippen molar-refractivity contribution in [3.05, 3.63) is 35.4 Å². The molecule has 0 atom stereocenters. The van der Waals surface area contributed by atoms with Crippen LogP contribution in [0.15, 0.2) is 29.3 Å². The van der Waals surface area contributed by atoms with Gasteiger partial charge in [-0.1, -0.05) is 12.1 Å². The fourth-order valence-corrected chi connectivity index (χ4v) is 3.24. The molecule has 9 nitrogen and oxygen atoms in total. The molecule has 2 N–H and O–H groups in total. The van der Waals surface area contributed by atoms with E-state index >= 15 is 0 Å². The summed E-state index contributed by atoms with van der Waals surface area (Å²) in [6.45, 7) is 10.9. The average Bonchev–Trinajstić information content (AvgIpc) is 2.75. The van der Waals surface area contributed by atoms with E-state index in [4.69, 9.17) is 4.74 Å². The monoisotopic (exact) mass is 446 g/mol. The summed E-state index contributed by atoms with van der Waals surface area (Å²) in [5, 5.41) is 6.62. The Balaban J connectivity index is 1.68. The van der Waals surface area contributed by atoms with E-state index in [1.165, 1.54) is 0 Å². The third kappa shape index (κ3) is 8.37. The zero-order valence-corrected chi connectivity index (χ0v) is 20.3. The molecule has 0 saturated carbocycles. The van der Waals surface area contributed by atoms with Gasteiger partial charge in [0, 0.05) is 72.5 Å². The number of aliphatic imine (C=N–C) groups is 1. The van der Waals surface area contributed by atoms with Crippen LogP contribution < -0.4 is 10.6 Å². The maximum atomic E-state index is 12.2. The molecule has 0 bridgehead atoms. The molecule has 32 heavy (non-hydrogen) atoms. The van der Waals surface area contributed by atoms with Crippen LogP contribution in [0.2, 0.25) is 0 Å². The molecule has 1 saturated heterocycles. The maximum Gasteiger partial charge on any atom is 0.410 e. The Morgan fingerprint density at radius 1 is 1.06 bits per heavy atom. The van der Waals surface area contributed by atoms with E-state index in [1.807, 2.05) is 45.0 Å². The second-order valence-electron chi connectivity index (χ2n) is 9.06. The predicted octanol–water partition coefficient (Wildman–Crippen LogP) is 1.61. The number of amides is 2. The van der Waals surface area contributed by atoms with Crippen LogP contribution in [0, 0.1) is 0 Å². The van der Waals surface area contributed by atoms with E-state index in [9.17, 15) is 9.59 Å². The number of piperazine rings is 1. The minimum atomic E-state index is -0.466. The highest BCUT2D eigenvalue weighted by Crippen LogP contribution is 2.11. The van der Waals surface area contributed by atoms with Gasteiger partial charge in [0.05, 0.1) is 0 Å². The smallest absolute Gasteiger partial charge is 0.410 e. The van der Waals surface area contributed by atoms with E-state index in [-0.39, 0.29) is 12.0 Å². The molecule has 178 valence electrons. The van der Waals surface area contributed by atoms with Gasteiger partial charge in [-0.05, 0) is 38.5 Å². The summed E-state index contributed by atoms with van der Waals surface area (Å²) in [6.07, 6.45) is -0.237. The Labute approximate surface area is 191 Å². The molecule has 0 radical (unpaired) electrons. The van der Waals surface area contributed by atoms with Gasteiger partial charge in [0.25, 0.3) is 5.91 Å². The van der Waals surface area contributed by atoms with Crippen molar-refractivity contribution in [3.8, 4) is 0 Å². The fourth-order valence-electron chi connectivity index (χ4n) is 3.24.